The fraction of sp³-hybridized carbons (Fsp3) is 0.385. The van der Waals surface area contributed by atoms with Crippen LogP contribution >= 0.6 is 0 Å². The molecule has 0 aliphatic heterocycles. The predicted molar refractivity (Wildman–Crippen MR) is 66.1 cm³/mol. The van der Waals surface area contributed by atoms with Crippen molar-refractivity contribution in [2.75, 3.05) is 5.32 Å². The van der Waals surface area contributed by atoms with Crippen molar-refractivity contribution in [2.24, 2.45) is 0 Å². The fourth-order valence-electron chi connectivity index (χ4n) is 1.44. The molecule has 0 fully saturated rings. The number of rotatable bonds is 4. The zero-order valence-electron chi connectivity index (χ0n) is 10.3. The van der Waals surface area contributed by atoms with E-state index >= 15 is 0 Å². The monoisotopic (exact) mass is 235 g/mol. The number of carbonyl (C=O) groups excluding carboxylic acids is 2. The molecule has 4 nitrogen and oxygen atoms in total. The molecule has 17 heavy (non-hydrogen) atoms. The van der Waals surface area contributed by atoms with E-state index in [0.29, 0.717) is 11.3 Å². The van der Waals surface area contributed by atoms with Gasteiger partial charge in [-0.05, 0) is 44.0 Å². The number of Topliss-reactive ketones (excluding diaryl/α,β-unsaturated/α-hetero) is 1. The molecular weight excluding hydrogens is 218 g/mol. The largest absolute Gasteiger partial charge is 0.508 e. The third kappa shape index (κ3) is 3.90. The number of hydrogen-bond donors (Lipinski definition) is 2. The second kappa shape index (κ2) is 5.48. The lowest BCUT2D eigenvalue weighted by molar-refractivity contribution is -0.121. The van der Waals surface area contributed by atoms with Gasteiger partial charge in [0, 0.05) is 18.5 Å². The fourth-order valence-corrected chi connectivity index (χ4v) is 1.44. The lowest BCUT2D eigenvalue weighted by Gasteiger charge is -2.10. The Labute approximate surface area is 101 Å². The van der Waals surface area contributed by atoms with Gasteiger partial charge in [0.25, 0.3) is 0 Å². The third-order valence-corrected chi connectivity index (χ3v) is 2.52. The molecule has 2 N–H and O–H groups in total. The van der Waals surface area contributed by atoms with Gasteiger partial charge < -0.3 is 15.2 Å². The molecule has 0 aliphatic carbocycles. The number of carbonyl (C=O) groups is 2. The van der Waals surface area contributed by atoms with Crippen molar-refractivity contribution >= 4 is 17.4 Å². The van der Waals surface area contributed by atoms with E-state index in [1.807, 2.05) is 0 Å². The number of phenolic OH excluding ortho intramolecular Hbond substituents is 1. The highest BCUT2D eigenvalue weighted by molar-refractivity contribution is 5.94. The number of phenols is 1. The second-order valence-corrected chi connectivity index (χ2v) is 4.20. The van der Waals surface area contributed by atoms with Crippen LogP contribution in [0.25, 0.3) is 0 Å². The van der Waals surface area contributed by atoms with Gasteiger partial charge in [-0.3, -0.25) is 4.79 Å². The average Bonchev–Trinajstić information content (AvgIpc) is 2.23. The molecule has 1 rings (SSSR count). The molecule has 4 heteroatoms. The lowest BCUT2D eigenvalue weighted by atomic mass is 10.1. The number of aryl methyl sites for hydroxylation is 2. The van der Waals surface area contributed by atoms with Crippen molar-refractivity contribution in [3.05, 3.63) is 23.3 Å². The molecule has 0 bridgehead atoms. The molecular formula is C13H17NO3. The number of anilines is 1. The highest BCUT2D eigenvalue weighted by atomic mass is 16.3. The Balaban J connectivity index is 2.71. The van der Waals surface area contributed by atoms with Gasteiger partial charge in [0.15, 0.2) is 0 Å². The number of amides is 1. The van der Waals surface area contributed by atoms with E-state index in [0.717, 1.165) is 5.56 Å². The molecule has 1 aromatic rings. The zero-order valence-corrected chi connectivity index (χ0v) is 10.3. The predicted octanol–water partition coefficient (Wildman–Crippen LogP) is 2.32. The van der Waals surface area contributed by atoms with E-state index in [2.05, 4.69) is 5.32 Å². The summed E-state index contributed by atoms with van der Waals surface area (Å²) in [5, 5.41) is 12.2. The highest BCUT2D eigenvalue weighted by Gasteiger charge is 2.08. The molecule has 0 atom stereocenters. The van der Waals surface area contributed by atoms with Gasteiger partial charge >= 0.3 is 0 Å². The summed E-state index contributed by atoms with van der Waals surface area (Å²) in [5.41, 5.74) is 2.18. The van der Waals surface area contributed by atoms with Crippen LogP contribution < -0.4 is 5.32 Å². The maximum Gasteiger partial charge on any atom is 0.224 e. The van der Waals surface area contributed by atoms with E-state index < -0.39 is 0 Å². The molecule has 0 heterocycles. The SMILES string of the molecule is CC(=O)CCC(=O)Nc1cc(C)c(O)cc1C. The standard InChI is InChI=1S/C13H17NO3/c1-8-7-12(16)9(2)6-11(8)14-13(17)5-4-10(3)15/h6-7,16H,4-5H2,1-3H3,(H,14,17). The Morgan fingerprint density at radius 1 is 1.18 bits per heavy atom. The molecule has 0 unspecified atom stereocenters. The molecule has 0 aromatic heterocycles. The lowest BCUT2D eigenvalue weighted by Crippen LogP contribution is -2.13. The Morgan fingerprint density at radius 3 is 2.41 bits per heavy atom. The Hall–Kier alpha value is -1.84. The summed E-state index contributed by atoms with van der Waals surface area (Å²) in [4.78, 5) is 22.3. The molecule has 0 spiro atoms. The molecule has 1 amide bonds. The van der Waals surface area contributed by atoms with Gasteiger partial charge in [0.1, 0.15) is 11.5 Å². The van der Waals surface area contributed by atoms with Crippen molar-refractivity contribution in [1.82, 2.24) is 0 Å². The number of hydrogen-bond acceptors (Lipinski definition) is 3. The van der Waals surface area contributed by atoms with Crippen LogP contribution in [-0.2, 0) is 9.59 Å². The van der Waals surface area contributed by atoms with Crippen molar-refractivity contribution in [2.45, 2.75) is 33.6 Å². The first-order chi connectivity index (χ1) is 7.90. The van der Waals surface area contributed by atoms with Crippen LogP contribution in [0.4, 0.5) is 5.69 Å². The first-order valence-corrected chi connectivity index (χ1v) is 5.49. The van der Waals surface area contributed by atoms with E-state index in [1.165, 1.54) is 6.92 Å². The topological polar surface area (TPSA) is 66.4 Å². The van der Waals surface area contributed by atoms with Crippen molar-refractivity contribution in [3.8, 4) is 5.75 Å². The molecule has 0 saturated heterocycles. The number of ketones is 1. The van der Waals surface area contributed by atoms with Crippen LogP contribution in [0.1, 0.15) is 30.9 Å². The quantitative estimate of drug-likeness (QED) is 0.787. The minimum absolute atomic E-state index is 0.00115. The van der Waals surface area contributed by atoms with Gasteiger partial charge in [-0.25, -0.2) is 0 Å². The third-order valence-electron chi connectivity index (χ3n) is 2.52. The van der Waals surface area contributed by atoms with E-state index in [4.69, 9.17) is 0 Å². The van der Waals surface area contributed by atoms with Crippen LogP contribution in [0, 0.1) is 13.8 Å². The van der Waals surface area contributed by atoms with Crippen molar-refractivity contribution in [1.29, 1.82) is 0 Å². The minimum atomic E-state index is -0.187. The number of benzene rings is 1. The van der Waals surface area contributed by atoms with E-state index in [1.54, 1.807) is 26.0 Å². The number of nitrogens with one attached hydrogen (secondary N) is 1. The van der Waals surface area contributed by atoms with Crippen LogP contribution in [0.3, 0.4) is 0 Å². The van der Waals surface area contributed by atoms with Crippen molar-refractivity contribution in [3.63, 3.8) is 0 Å². The Kier molecular flexibility index (Phi) is 4.26. The summed E-state index contributed by atoms with van der Waals surface area (Å²) >= 11 is 0. The van der Waals surface area contributed by atoms with Gasteiger partial charge in [-0.1, -0.05) is 0 Å². The number of aromatic hydroxyl groups is 1. The van der Waals surface area contributed by atoms with Crippen LogP contribution in [-0.4, -0.2) is 16.8 Å². The highest BCUT2D eigenvalue weighted by Crippen LogP contribution is 2.25. The first kappa shape index (κ1) is 13.2. The molecule has 0 aliphatic rings. The zero-order chi connectivity index (χ0) is 13.0. The summed E-state index contributed by atoms with van der Waals surface area (Å²) in [6, 6.07) is 3.33. The van der Waals surface area contributed by atoms with Crippen LogP contribution in [0.2, 0.25) is 0 Å². The Bertz CT molecular complexity index is 452. The average molecular weight is 235 g/mol. The van der Waals surface area contributed by atoms with Crippen molar-refractivity contribution < 1.29 is 14.7 Å². The maximum absolute atomic E-state index is 11.5. The van der Waals surface area contributed by atoms with Gasteiger partial charge in [-0.15, -0.1) is 0 Å². The van der Waals surface area contributed by atoms with Crippen LogP contribution in [0.5, 0.6) is 5.75 Å². The molecule has 92 valence electrons. The summed E-state index contributed by atoms with van der Waals surface area (Å²) in [6.07, 6.45) is 0.441. The summed E-state index contributed by atoms with van der Waals surface area (Å²) < 4.78 is 0. The normalized spacial score (nSPS) is 10.1. The minimum Gasteiger partial charge on any atom is -0.508 e. The van der Waals surface area contributed by atoms with Gasteiger partial charge in [0.05, 0.1) is 0 Å². The second-order valence-electron chi connectivity index (χ2n) is 4.20. The first-order valence-electron chi connectivity index (χ1n) is 5.49. The van der Waals surface area contributed by atoms with E-state index in [-0.39, 0.29) is 30.3 Å². The maximum atomic E-state index is 11.5. The summed E-state index contributed by atoms with van der Waals surface area (Å²) in [5.74, 6) is 0.0244. The van der Waals surface area contributed by atoms with Gasteiger partial charge in [0.2, 0.25) is 5.91 Å². The van der Waals surface area contributed by atoms with Crippen LogP contribution in [0.15, 0.2) is 12.1 Å². The molecule has 0 saturated carbocycles. The summed E-state index contributed by atoms with van der Waals surface area (Å²) in [7, 11) is 0. The van der Waals surface area contributed by atoms with E-state index in [9.17, 15) is 14.7 Å². The summed E-state index contributed by atoms with van der Waals surface area (Å²) in [6.45, 7) is 5.03. The molecule has 0 radical (unpaired) electrons. The van der Waals surface area contributed by atoms with Gasteiger partial charge in [-0.2, -0.15) is 0 Å². The smallest absolute Gasteiger partial charge is 0.224 e. The molecule has 1 aromatic carbocycles. The Morgan fingerprint density at radius 2 is 1.82 bits per heavy atom.